The summed E-state index contributed by atoms with van der Waals surface area (Å²) in [5, 5.41) is 15.3. The third-order valence-electron chi connectivity index (χ3n) is 3.14. The number of aryl methyl sites for hydroxylation is 1. The summed E-state index contributed by atoms with van der Waals surface area (Å²) in [7, 11) is 1.25. The van der Waals surface area contributed by atoms with Crippen LogP contribution in [0.4, 0.5) is 0 Å². The van der Waals surface area contributed by atoms with Gasteiger partial charge in [0.2, 0.25) is 0 Å². The van der Waals surface area contributed by atoms with E-state index >= 15 is 0 Å². The highest BCUT2D eigenvalue weighted by Crippen LogP contribution is 2.12. The minimum atomic E-state index is -0.619. The maximum atomic E-state index is 12.0. The highest BCUT2D eigenvalue weighted by Gasteiger charge is 2.11. The van der Waals surface area contributed by atoms with Crippen molar-refractivity contribution in [3.8, 4) is 11.4 Å². The average molecular weight is 312 g/mol. The van der Waals surface area contributed by atoms with Crippen molar-refractivity contribution in [3.63, 3.8) is 0 Å². The second-order valence-electron chi connectivity index (χ2n) is 4.62. The van der Waals surface area contributed by atoms with Crippen LogP contribution in [-0.4, -0.2) is 43.1 Å². The molecular weight excluding hydrogens is 300 g/mol. The smallest absolute Gasteiger partial charge is 0.358 e. The van der Waals surface area contributed by atoms with Gasteiger partial charge < -0.3 is 4.74 Å². The summed E-state index contributed by atoms with van der Waals surface area (Å²) >= 11 is 0. The molecule has 0 atom stereocenters. The van der Waals surface area contributed by atoms with E-state index in [1.54, 1.807) is 31.2 Å². The number of carbonyl (C=O) groups excluding carboxylic acids is 1. The monoisotopic (exact) mass is 312 g/mol. The number of methoxy groups -OCH3 is 1. The fourth-order valence-corrected chi connectivity index (χ4v) is 2.04. The second-order valence-corrected chi connectivity index (χ2v) is 4.62. The van der Waals surface area contributed by atoms with Crippen LogP contribution in [0.2, 0.25) is 0 Å². The van der Waals surface area contributed by atoms with E-state index in [1.165, 1.54) is 23.9 Å². The van der Waals surface area contributed by atoms with Crippen LogP contribution in [0.3, 0.4) is 0 Å². The molecule has 0 fully saturated rings. The fraction of sp³-hybridized carbons (Fsp3) is 0.143. The summed E-state index contributed by atoms with van der Waals surface area (Å²) in [6.45, 7) is 1.76. The Morgan fingerprint density at radius 3 is 2.52 bits per heavy atom. The van der Waals surface area contributed by atoms with Crippen LogP contribution >= 0.6 is 0 Å². The van der Waals surface area contributed by atoms with Gasteiger partial charge in [0.25, 0.3) is 5.56 Å². The summed E-state index contributed by atoms with van der Waals surface area (Å²) < 4.78 is 7.26. The normalized spacial score (nSPS) is 10.5. The summed E-state index contributed by atoms with van der Waals surface area (Å²) in [6, 6.07) is 9.50. The number of esters is 1. The first-order chi connectivity index (χ1) is 11.1. The highest BCUT2D eigenvalue weighted by atomic mass is 16.5. The van der Waals surface area contributed by atoms with Gasteiger partial charge in [-0.1, -0.05) is 6.07 Å². The van der Waals surface area contributed by atoms with Gasteiger partial charge in [0, 0.05) is 6.07 Å². The van der Waals surface area contributed by atoms with Crippen molar-refractivity contribution in [2.45, 2.75) is 6.92 Å². The van der Waals surface area contributed by atoms with E-state index in [4.69, 9.17) is 0 Å². The lowest BCUT2D eigenvalue weighted by Crippen LogP contribution is -2.23. The van der Waals surface area contributed by atoms with Crippen molar-refractivity contribution in [3.05, 3.63) is 58.3 Å². The zero-order valence-corrected chi connectivity index (χ0v) is 12.4. The lowest BCUT2D eigenvalue weighted by Gasteiger charge is -2.08. The van der Waals surface area contributed by atoms with Crippen molar-refractivity contribution >= 4 is 5.97 Å². The maximum Gasteiger partial charge on any atom is 0.358 e. The van der Waals surface area contributed by atoms with E-state index in [2.05, 4.69) is 25.4 Å². The van der Waals surface area contributed by atoms with E-state index in [1.807, 2.05) is 0 Å². The lowest BCUT2D eigenvalue weighted by atomic mass is 10.2. The summed E-state index contributed by atoms with van der Waals surface area (Å²) in [4.78, 5) is 23.6. The van der Waals surface area contributed by atoms with Gasteiger partial charge in [0.1, 0.15) is 0 Å². The SMILES string of the molecule is COC(=O)c1ccc(=O)n(-c2cccc(-n3nnnc3C)c2)n1. The highest BCUT2D eigenvalue weighted by molar-refractivity contribution is 5.86. The van der Waals surface area contributed by atoms with E-state index in [-0.39, 0.29) is 11.3 Å². The first-order valence-electron chi connectivity index (χ1n) is 6.64. The maximum absolute atomic E-state index is 12.0. The number of hydrogen-bond donors (Lipinski definition) is 0. The molecule has 116 valence electrons. The van der Waals surface area contributed by atoms with Gasteiger partial charge in [0.15, 0.2) is 11.5 Å². The van der Waals surface area contributed by atoms with Crippen molar-refractivity contribution in [1.82, 2.24) is 30.0 Å². The zero-order chi connectivity index (χ0) is 16.4. The summed E-state index contributed by atoms with van der Waals surface area (Å²) in [5.41, 5.74) is 0.815. The van der Waals surface area contributed by atoms with Crippen LogP contribution in [-0.2, 0) is 4.74 Å². The Bertz CT molecular complexity index is 930. The number of hydrogen-bond acceptors (Lipinski definition) is 7. The van der Waals surface area contributed by atoms with Gasteiger partial charge in [-0.2, -0.15) is 14.5 Å². The van der Waals surface area contributed by atoms with Crippen molar-refractivity contribution in [2.75, 3.05) is 7.11 Å². The van der Waals surface area contributed by atoms with Gasteiger partial charge >= 0.3 is 5.97 Å². The molecule has 3 rings (SSSR count). The Morgan fingerprint density at radius 1 is 1.13 bits per heavy atom. The molecule has 0 unspecified atom stereocenters. The number of aromatic nitrogens is 6. The number of ether oxygens (including phenoxy) is 1. The van der Waals surface area contributed by atoms with E-state index in [0.29, 0.717) is 17.2 Å². The average Bonchev–Trinajstić information content (AvgIpc) is 3.01. The molecule has 0 bridgehead atoms. The van der Waals surface area contributed by atoms with Gasteiger partial charge in [-0.05, 0) is 41.6 Å². The molecule has 0 radical (unpaired) electrons. The molecule has 3 aromatic rings. The predicted molar refractivity (Wildman–Crippen MR) is 78.6 cm³/mol. The molecule has 9 heteroatoms. The predicted octanol–water partition coefficient (Wildman–Crippen LogP) is 0.303. The molecule has 2 heterocycles. The third-order valence-corrected chi connectivity index (χ3v) is 3.14. The first-order valence-corrected chi connectivity index (χ1v) is 6.64. The van der Waals surface area contributed by atoms with Gasteiger partial charge in [-0.25, -0.2) is 4.79 Å². The van der Waals surface area contributed by atoms with Crippen LogP contribution < -0.4 is 5.56 Å². The Morgan fingerprint density at radius 2 is 1.87 bits per heavy atom. The molecule has 23 heavy (non-hydrogen) atoms. The lowest BCUT2D eigenvalue weighted by molar-refractivity contribution is 0.0591. The van der Waals surface area contributed by atoms with Crippen molar-refractivity contribution in [2.24, 2.45) is 0 Å². The number of tetrazole rings is 1. The first kappa shape index (κ1) is 14.6. The molecule has 0 aliphatic rings. The molecule has 0 amide bonds. The minimum Gasteiger partial charge on any atom is -0.464 e. The molecule has 0 spiro atoms. The summed E-state index contributed by atoms with van der Waals surface area (Å²) in [5.74, 6) is -0.0167. The summed E-state index contributed by atoms with van der Waals surface area (Å²) in [6.07, 6.45) is 0. The molecule has 2 aromatic heterocycles. The molecule has 0 aliphatic heterocycles. The number of benzene rings is 1. The number of rotatable bonds is 3. The van der Waals surface area contributed by atoms with Crippen LogP contribution in [0.1, 0.15) is 16.3 Å². The van der Waals surface area contributed by atoms with Crippen LogP contribution in [0.25, 0.3) is 11.4 Å². The Kier molecular flexibility index (Phi) is 3.67. The van der Waals surface area contributed by atoms with Crippen LogP contribution in [0, 0.1) is 6.92 Å². The molecular formula is C14H12N6O3. The number of carbonyl (C=O) groups is 1. The fourth-order valence-electron chi connectivity index (χ4n) is 2.04. The quantitative estimate of drug-likeness (QED) is 0.641. The van der Waals surface area contributed by atoms with E-state index in [9.17, 15) is 9.59 Å². The van der Waals surface area contributed by atoms with Gasteiger partial charge in [-0.3, -0.25) is 4.79 Å². The minimum absolute atomic E-state index is 0.0381. The standard InChI is InChI=1S/C14H12N6O3/c1-9-15-17-18-19(9)10-4-3-5-11(8-10)20-13(21)7-6-12(16-20)14(22)23-2/h3-8H,1-2H3. The third kappa shape index (κ3) is 2.71. The van der Waals surface area contributed by atoms with Crippen LogP contribution in [0.15, 0.2) is 41.2 Å². The Hall–Kier alpha value is -3.36. The Labute approximate surface area is 130 Å². The van der Waals surface area contributed by atoms with E-state index in [0.717, 1.165) is 4.68 Å². The molecule has 9 nitrogen and oxygen atoms in total. The Balaban J connectivity index is 2.11. The largest absolute Gasteiger partial charge is 0.464 e. The molecule has 0 saturated heterocycles. The molecule has 0 aliphatic carbocycles. The topological polar surface area (TPSA) is 105 Å². The zero-order valence-electron chi connectivity index (χ0n) is 12.4. The van der Waals surface area contributed by atoms with Crippen molar-refractivity contribution < 1.29 is 9.53 Å². The van der Waals surface area contributed by atoms with Crippen LogP contribution in [0.5, 0.6) is 0 Å². The molecule has 0 N–H and O–H groups in total. The second kappa shape index (κ2) is 5.79. The van der Waals surface area contributed by atoms with Gasteiger partial charge in [-0.15, -0.1) is 5.10 Å². The van der Waals surface area contributed by atoms with E-state index < -0.39 is 5.97 Å². The molecule has 1 aromatic carbocycles. The van der Waals surface area contributed by atoms with Gasteiger partial charge in [0.05, 0.1) is 18.5 Å². The van der Waals surface area contributed by atoms with Crippen molar-refractivity contribution in [1.29, 1.82) is 0 Å². The molecule has 0 saturated carbocycles. The number of nitrogens with zero attached hydrogens (tertiary/aromatic N) is 6.